The maximum atomic E-state index is 10.7. The average molecular weight is 323 g/mol. The molecule has 1 aromatic heterocycles. The zero-order valence-electron chi connectivity index (χ0n) is 9.41. The molecule has 1 aromatic rings. The van der Waals surface area contributed by atoms with E-state index in [1.807, 2.05) is 6.07 Å². The summed E-state index contributed by atoms with van der Waals surface area (Å²) in [5, 5.41) is 0. The Morgan fingerprint density at radius 1 is 1.47 bits per heavy atom. The fourth-order valence-electron chi connectivity index (χ4n) is 2.63. The summed E-state index contributed by atoms with van der Waals surface area (Å²) in [7, 11) is 2.79. The van der Waals surface area contributed by atoms with E-state index in [0.29, 0.717) is 17.6 Å². The first-order valence-corrected chi connectivity index (χ1v) is 5.90. The number of rotatable bonds is 2. The van der Waals surface area contributed by atoms with Crippen LogP contribution in [0, 0.1) is 6.20 Å². The van der Waals surface area contributed by atoms with Crippen LogP contribution in [0.2, 0.25) is 0 Å². The van der Waals surface area contributed by atoms with Crippen molar-refractivity contribution < 1.29 is 37.5 Å². The molecule has 4 nitrogen and oxygen atoms in total. The van der Waals surface area contributed by atoms with E-state index in [-0.39, 0.29) is 32.7 Å². The van der Waals surface area contributed by atoms with Crippen molar-refractivity contribution in [3.8, 4) is 0 Å². The summed E-state index contributed by atoms with van der Waals surface area (Å²) in [4.78, 5) is 17.0. The van der Waals surface area contributed by atoms with Crippen LogP contribution in [0.3, 0.4) is 0 Å². The van der Waals surface area contributed by atoms with Crippen LogP contribution < -0.4 is 4.90 Å². The monoisotopic (exact) mass is 323 g/mol. The predicted molar refractivity (Wildman–Crippen MR) is 64.4 cm³/mol. The molecule has 0 N–H and O–H groups in total. The Kier molecular flexibility index (Phi) is 4.30. The van der Waals surface area contributed by atoms with E-state index in [2.05, 4.69) is 30.1 Å². The number of fused-ring (bicyclic) bond motifs is 2. The maximum Gasteiger partial charge on any atom is 0.0671 e. The smallest absolute Gasteiger partial charge is 0.0671 e. The summed E-state index contributed by atoms with van der Waals surface area (Å²) in [5.41, 5.74) is 1.58. The molecule has 0 amide bonds. The Balaban J connectivity index is 0.00000108. The number of hydrogen-bond donors (Lipinski definition) is 0. The number of pyridine rings is 1. The van der Waals surface area contributed by atoms with Crippen molar-refractivity contribution in [2.75, 3.05) is 18.0 Å². The number of anilines is 1. The maximum absolute atomic E-state index is 10.7. The molecule has 3 atom stereocenters. The third-order valence-corrected chi connectivity index (χ3v) is 4.07. The van der Waals surface area contributed by atoms with Crippen molar-refractivity contribution in [2.45, 2.75) is 18.5 Å². The van der Waals surface area contributed by atoms with Crippen LogP contribution in [0.25, 0.3) is 0 Å². The molecule has 0 saturated carbocycles. The average Bonchev–Trinajstić information content (AvgIpc) is 2.88. The quantitative estimate of drug-likeness (QED) is 0.457. The minimum Gasteiger partial charge on any atom is -0.380 e. The molecule has 2 bridgehead atoms. The van der Waals surface area contributed by atoms with E-state index in [0.717, 1.165) is 25.1 Å². The second-order valence-corrected chi connectivity index (χ2v) is 5.07. The van der Waals surface area contributed by atoms with Gasteiger partial charge in [-0.05, 0) is 24.5 Å². The number of aromatic nitrogens is 1. The van der Waals surface area contributed by atoms with Crippen molar-refractivity contribution in [1.82, 2.24) is 9.65 Å². The largest absolute Gasteiger partial charge is 0.380 e. The van der Waals surface area contributed by atoms with Gasteiger partial charge in [0.05, 0.1) is 6.29 Å². The molecule has 2 saturated heterocycles. The molecule has 2 aliphatic heterocycles. The molecular weight excluding hydrogens is 310 g/mol. The number of aldehydes is 1. The first-order chi connectivity index (χ1) is 7.78. The Morgan fingerprint density at radius 2 is 2.29 bits per heavy atom. The van der Waals surface area contributed by atoms with Gasteiger partial charge in [-0.1, -0.05) is 15.0 Å². The van der Waals surface area contributed by atoms with Gasteiger partial charge in [-0.2, -0.15) is 0 Å². The van der Waals surface area contributed by atoms with Crippen LogP contribution in [0.4, 0.5) is 5.69 Å². The van der Waals surface area contributed by atoms with E-state index >= 15 is 0 Å². The minimum atomic E-state index is 0. The predicted octanol–water partition coefficient (Wildman–Crippen LogP) is 0.745. The van der Waals surface area contributed by atoms with Crippen LogP contribution in [0.15, 0.2) is 12.3 Å². The number of carbonyl (C=O) groups is 1. The Hall–Kier alpha value is 0.114. The SMILES string of the molecule is O=Cc1[c-]ncc(N2CC3CC2CN3P)c1.[Y]. The van der Waals surface area contributed by atoms with Gasteiger partial charge >= 0.3 is 0 Å². The van der Waals surface area contributed by atoms with Crippen LogP contribution in [-0.2, 0) is 32.7 Å². The van der Waals surface area contributed by atoms with Gasteiger partial charge in [-0.3, -0.25) is 4.67 Å². The third-order valence-electron chi connectivity index (χ3n) is 3.44. The molecule has 17 heavy (non-hydrogen) atoms. The summed E-state index contributed by atoms with van der Waals surface area (Å²) in [6.07, 6.45) is 6.47. The standard InChI is InChI=1S/C11H13N3OP.Y/c15-7-8-1-9(4-12-3-8)13-5-11-2-10(13)6-14(11)16;/h1,4,7,10-11H,2,5-6,16H2;/q-1;. The van der Waals surface area contributed by atoms with Gasteiger partial charge in [-0.25, -0.2) is 0 Å². The molecule has 0 aliphatic carbocycles. The van der Waals surface area contributed by atoms with Crippen LogP contribution in [-0.4, -0.2) is 41.1 Å². The fourth-order valence-corrected chi connectivity index (χ4v) is 3.09. The summed E-state index contributed by atoms with van der Waals surface area (Å²) < 4.78 is 2.32. The molecule has 6 heteroatoms. The van der Waals surface area contributed by atoms with Crippen molar-refractivity contribution in [3.63, 3.8) is 0 Å². The van der Waals surface area contributed by atoms with Gasteiger partial charge < -0.3 is 14.7 Å². The first kappa shape index (κ1) is 13.5. The van der Waals surface area contributed by atoms with E-state index in [1.165, 1.54) is 6.42 Å². The van der Waals surface area contributed by atoms with E-state index in [4.69, 9.17) is 0 Å². The van der Waals surface area contributed by atoms with Gasteiger partial charge in [0.1, 0.15) is 0 Å². The number of hydrogen-bond acceptors (Lipinski definition) is 4. The van der Waals surface area contributed by atoms with Crippen LogP contribution in [0.5, 0.6) is 0 Å². The van der Waals surface area contributed by atoms with Gasteiger partial charge in [0, 0.05) is 57.9 Å². The summed E-state index contributed by atoms with van der Waals surface area (Å²) in [6.45, 7) is 2.10. The normalized spacial score (nSPS) is 27.0. The summed E-state index contributed by atoms with van der Waals surface area (Å²) in [6, 6.07) is 3.05. The molecule has 87 valence electrons. The zero-order valence-corrected chi connectivity index (χ0v) is 13.4. The Labute approximate surface area is 128 Å². The molecule has 2 fully saturated rings. The second kappa shape index (κ2) is 5.40. The van der Waals surface area contributed by atoms with Crippen LogP contribution >= 0.6 is 9.39 Å². The van der Waals surface area contributed by atoms with Crippen molar-refractivity contribution in [3.05, 3.63) is 24.0 Å². The van der Waals surface area contributed by atoms with Crippen molar-refractivity contribution in [1.29, 1.82) is 0 Å². The van der Waals surface area contributed by atoms with Crippen molar-refractivity contribution >= 4 is 21.4 Å². The number of carbonyl (C=O) groups excluding carboxylic acids is 1. The third kappa shape index (κ3) is 2.46. The Morgan fingerprint density at radius 3 is 2.88 bits per heavy atom. The molecular formula is C11H13N3OPY-. The number of piperazine rings is 1. The Bertz CT molecular complexity index is 429. The summed E-state index contributed by atoms with van der Waals surface area (Å²) in [5.74, 6) is 0. The molecule has 0 aromatic carbocycles. The molecule has 3 rings (SSSR count). The van der Waals surface area contributed by atoms with E-state index in [1.54, 1.807) is 6.20 Å². The second-order valence-electron chi connectivity index (χ2n) is 4.40. The molecule has 3 unspecified atom stereocenters. The van der Waals surface area contributed by atoms with E-state index in [9.17, 15) is 4.79 Å². The molecule has 1 radical (unpaired) electrons. The summed E-state index contributed by atoms with van der Waals surface area (Å²) >= 11 is 0. The molecule has 0 spiro atoms. The topological polar surface area (TPSA) is 36.4 Å². The van der Waals surface area contributed by atoms with Crippen molar-refractivity contribution in [2.24, 2.45) is 0 Å². The number of nitrogens with zero attached hydrogens (tertiary/aromatic N) is 3. The van der Waals surface area contributed by atoms with Crippen LogP contribution in [0.1, 0.15) is 16.8 Å². The minimum absolute atomic E-state index is 0. The van der Waals surface area contributed by atoms with Gasteiger partial charge in [-0.15, -0.1) is 6.07 Å². The first-order valence-electron chi connectivity index (χ1n) is 5.39. The molecule has 3 heterocycles. The zero-order chi connectivity index (χ0) is 11.1. The van der Waals surface area contributed by atoms with E-state index < -0.39 is 0 Å². The van der Waals surface area contributed by atoms with Gasteiger partial charge in [0.15, 0.2) is 0 Å². The van der Waals surface area contributed by atoms with Gasteiger partial charge in [0.25, 0.3) is 0 Å². The molecule has 2 aliphatic rings. The van der Waals surface area contributed by atoms with Gasteiger partial charge in [0.2, 0.25) is 0 Å². The fraction of sp³-hybridized carbons (Fsp3) is 0.455.